The molecule has 0 radical (unpaired) electrons. The summed E-state index contributed by atoms with van der Waals surface area (Å²) >= 11 is 6.08. The minimum Gasteiger partial charge on any atom is -0.379 e. The van der Waals surface area contributed by atoms with Crippen LogP contribution in [0.1, 0.15) is 15.9 Å². The maximum Gasteiger partial charge on any atom is 0.254 e. The standard InChI is InChI=1S/C31H32ClN5O3/c1-23-7-13-27(14-8-23)37-21-28(24-9-11-26(32)12-10-24)33-31(37)34-29(38)22-36(16-15-35-17-19-40-20-18-35)30(39)25-5-3-2-4-6-25/h2-14,21H,15-20,22H2,1H3,(H,33,34,38). The Bertz CT molecular complexity index is 1430. The summed E-state index contributed by atoms with van der Waals surface area (Å²) in [4.78, 5) is 35.4. The number of halogens is 1. The van der Waals surface area contributed by atoms with Crippen LogP contribution in [-0.2, 0) is 9.53 Å². The summed E-state index contributed by atoms with van der Waals surface area (Å²) in [6.07, 6.45) is 1.88. The number of carbonyl (C=O) groups is 2. The first-order chi connectivity index (χ1) is 19.5. The molecule has 0 atom stereocenters. The number of benzene rings is 3. The van der Waals surface area contributed by atoms with Crippen molar-refractivity contribution in [2.45, 2.75) is 6.92 Å². The zero-order chi connectivity index (χ0) is 27.9. The molecule has 2 heterocycles. The Morgan fingerprint density at radius 1 is 0.975 bits per heavy atom. The molecule has 3 aromatic carbocycles. The van der Waals surface area contributed by atoms with Gasteiger partial charge in [0.2, 0.25) is 11.9 Å². The van der Waals surface area contributed by atoms with Gasteiger partial charge in [0.15, 0.2) is 0 Å². The molecular weight excluding hydrogens is 526 g/mol. The van der Waals surface area contributed by atoms with Gasteiger partial charge < -0.3 is 9.64 Å². The van der Waals surface area contributed by atoms with E-state index in [0.717, 1.165) is 29.9 Å². The first-order valence-corrected chi connectivity index (χ1v) is 13.7. The highest BCUT2D eigenvalue weighted by Crippen LogP contribution is 2.26. The fourth-order valence-corrected chi connectivity index (χ4v) is 4.70. The van der Waals surface area contributed by atoms with E-state index in [0.29, 0.717) is 48.5 Å². The van der Waals surface area contributed by atoms with E-state index in [9.17, 15) is 9.59 Å². The summed E-state index contributed by atoms with van der Waals surface area (Å²) in [6.45, 7) is 5.96. The van der Waals surface area contributed by atoms with E-state index in [4.69, 9.17) is 21.3 Å². The van der Waals surface area contributed by atoms with Crippen LogP contribution in [0.15, 0.2) is 85.1 Å². The molecule has 4 aromatic rings. The lowest BCUT2D eigenvalue weighted by atomic mass is 10.2. The van der Waals surface area contributed by atoms with Crippen molar-refractivity contribution in [3.8, 4) is 16.9 Å². The quantitative estimate of drug-likeness (QED) is 0.316. The number of aryl methyl sites for hydroxylation is 1. The van der Waals surface area contributed by atoms with Gasteiger partial charge in [-0.2, -0.15) is 0 Å². The molecule has 0 unspecified atom stereocenters. The number of rotatable bonds is 9. The molecule has 9 heteroatoms. The van der Waals surface area contributed by atoms with Gasteiger partial charge in [-0.05, 0) is 43.3 Å². The van der Waals surface area contributed by atoms with Crippen LogP contribution >= 0.6 is 11.6 Å². The van der Waals surface area contributed by atoms with E-state index in [1.54, 1.807) is 17.0 Å². The molecule has 2 amide bonds. The molecule has 1 N–H and O–H groups in total. The normalized spacial score (nSPS) is 13.7. The van der Waals surface area contributed by atoms with Gasteiger partial charge in [0, 0.05) is 54.2 Å². The predicted molar refractivity (Wildman–Crippen MR) is 157 cm³/mol. The van der Waals surface area contributed by atoms with Crippen molar-refractivity contribution in [2.24, 2.45) is 0 Å². The van der Waals surface area contributed by atoms with Gasteiger partial charge >= 0.3 is 0 Å². The molecule has 1 saturated heterocycles. The van der Waals surface area contributed by atoms with E-state index < -0.39 is 0 Å². The van der Waals surface area contributed by atoms with Gasteiger partial charge in [0.1, 0.15) is 6.54 Å². The second-order valence-corrected chi connectivity index (χ2v) is 10.2. The first kappa shape index (κ1) is 27.6. The van der Waals surface area contributed by atoms with Crippen LogP contribution in [0.5, 0.6) is 0 Å². The SMILES string of the molecule is Cc1ccc(-n2cc(-c3ccc(Cl)cc3)nc2NC(=O)CN(CCN2CCOCC2)C(=O)c2ccccc2)cc1. The Kier molecular flexibility index (Phi) is 8.91. The number of nitrogens with one attached hydrogen (secondary N) is 1. The van der Waals surface area contributed by atoms with Crippen LogP contribution in [0.25, 0.3) is 16.9 Å². The average Bonchev–Trinajstić information content (AvgIpc) is 3.40. The van der Waals surface area contributed by atoms with Crippen LogP contribution in [0.4, 0.5) is 5.95 Å². The third-order valence-corrected chi connectivity index (χ3v) is 7.09. The molecule has 5 rings (SSSR count). The zero-order valence-corrected chi connectivity index (χ0v) is 23.2. The van der Waals surface area contributed by atoms with Crippen molar-refractivity contribution in [1.82, 2.24) is 19.4 Å². The summed E-state index contributed by atoms with van der Waals surface area (Å²) in [6, 6.07) is 24.4. The summed E-state index contributed by atoms with van der Waals surface area (Å²) in [5.74, 6) is -0.139. The first-order valence-electron chi connectivity index (χ1n) is 13.3. The number of ether oxygens (including phenoxy) is 1. The summed E-state index contributed by atoms with van der Waals surface area (Å²) in [7, 11) is 0. The van der Waals surface area contributed by atoms with E-state index >= 15 is 0 Å². The Morgan fingerprint density at radius 3 is 2.38 bits per heavy atom. The number of nitrogens with zero attached hydrogens (tertiary/aromatic N) is 4. The molecule has 1 aromatic heterocycles. The van der Waals surface area contributed by atoms with Crippen LogP contribution < -0.4 is 5.32 Å². The van der Waals surface area contributed by atoms with Crippen LogP contribution in [0, 0.1) is 6.92 Å². The molecule has 1 aliphatic heterocycles. The van der Waals surface area contributed by atoms with Gasteiger partial charge in [-0.15, -0.1) is 0 Å². The molecule has 0 spiro atoms. The number of amides is 2. The van der Waals surface area contributed by atoms with Crippen molar-refractivity contribution in [3.63, 3.8) is 0 Å². The number of hydrogen-bond acceptors (Lipinski definition) is 5. The fourth-order valence-electron chi connectivity index (χ4n) is 4.57. The number of aromatic nitrogens is 2. The molecule has 1 fully saturated rings. The van der Waals surface area contributed by atoms with Crippen molar-refractivity contribution in [3.05, 3.63) is 101 Å². The fraction of sp³-hybridized carbons (Fsp3) is 0.258. The largest absolute Gasteiger partial charge is 0.379 e. The zero-order valence-electron chi connectivity index (χ0n) is 22.4. The Hall–Kier alpha value is -3.98. The van der Waals surface area contributed by atoms with Gasteiger partial charge in [-0.25, -0.2) is 4.98 Å². The Balaban J connectivity index is 1.38. The topological polar surface area (TPSA) is 79.7 Å². The lowest BCUT2D eigenvalue weighted by Gasteiger charge is -2.30. The summed E-state index contributed by atoms with van der Waals surface area (Å²) in [5, 5.41) is 3.59. The van der Waals surface area contributed by atoms with E-state index in [1.165, 1.54) is 0 Å². The lowest BCUT2D eigenvalue weighted by Crippen LogP contribution is -2.45. The molecule has 0 aliphatic carbocycles. The van der Waals surface area contributed by atoms with Crippen molar-refractivity contribution >= 4 is 29.4 Å². The maximum absolute atomic E-state index is 13.4. The number of morpholine rings is 1. The molecule has 8 nitrogen and oxygen atoms in total. The van der Waals surface area contributed by atoms with E-state index in [1.807, 2.05) is 84.4 Å². The number of hydrogen-bond donors (Lipinski definition) is 1. The van der Waals surface area contributed by atoms with Gasteiger partial charge in [0.25, 0.3) is 5.91 Å². The van der Waals surface area contributed by atoms with Crippen LogP contribution in [-0.4, -0.2) is 77.1 Å². The highest BCUT2D eigenvalue weighted by molar-refractivity contribution is 6.30. The average molecular weight is 558 g/mol. The Labute approximate surface area is 239 Å². The van der Waals surface area contributed by atoms with E-state index in [2.05, 4.69) is 10.2 Å². The molecule has 40 heavy (non-hydrogen) atoms. The monoisotopic (exact) mass is 557 g/mol. The van der Waals surface area contributed by atoms with Gasteiger partial charge in [-0.3, -0.25) is 24.4 Å². The summed E-state index contributed by atoms with van der Waals surface area (Å²) in [5.41, 5.74) is 4.10. The smallest absolute Gasteiger partial charge is 0.254 e. The summed E-state index contributed by atoms with van der Waals surface area (Å²) < 4.78 is 7.29. The van der Waals surface area contributed by atoms with Crippen LogP contribution in [0.3, 0.4) is 0 Å². The molecule has 206 valence electrons. The third-order valence-electron chi connectivity index (χ3n) is 6.84. The molecule has 0 saturated carbocycles. The van der Waals surface area contributed by atoms with Gasteiger partial charge in [-0.1, -0.05) is 59.6 Å². The maximum atomic E-state index is 13.4. The highest BCUT2D eigenvalue weighted by Gasteiger charge is 2.22. The second kappa shape index (κ2) is 12.9. The van der Waals surface area contributed by atoms with Crippen LogP contribution in [0.2, 0.25) is 5.02 Å². The minimum atomic E-state index is -0.326. The van der Waals surface area contributed by atoms with Crippen molar-refractivity contribution in [2.75, 3.05) is 51.3 Å². The number of carbonyl (C=O) groups excluding carboxylic acids is 2. The molecular formula is C31H32ClN5O3. The van der Waals surface area contributed by atoms with E-state index in [-0.39, 0.29) is 18.4 Å². The minimum absolute atomic E-state index is 0.102. The molecule has 0 bridgehead atoms. The highest BCUT2D eigenvalue weighted by atomic mass is 35.5. The van der Waals surface area contributed by atoms with Crippen molar-refractivity contribution in [1.29, 1.82) is 0 Å². The van der Waals surface area contributed by atoms with Crippen molar-refractivity contribution < 1.29 is 14.3 Å². The number of imidazole rings is 1. The van der Waals surface area contributed by atoms with Gasteiger partial charge in [0.05, 0.1) is 18.9 Å². The predicted octanol–water partition coefficient (Wildman–Crippen LogP) is 4.91. The molecule has 1 aliphatic rings. The second-order valence-electron chi connectivity index (χ2n) is 9.76. The lowest BCUT2D eigenvalue weighted by molar-refractivity contribution is -0.117. The number of anilines is 1. The third kappa shape index (κ3) is 6.96. The Morgan fingerprint density at radius 2 is 1.68 bits per heavy atom.